The molecule has 0 radical (unpaired) electrons. The number of aliphatic hydroxyl groups is 1. The maximum absolute atomic E-state index is 9.20. The molecule has 96 valence electrons. The van der Waals surface area contributed by atoms with Gasteiger partial charge >= 0.3 is 0 Å². The summed E-state index contributed by atoms with van der Waals surface area (Å²) in [5, 5.41) is 11.6. The van der Waals surface area contributed by atoms with Gasteiger partial charge in [-0.1, -0.05) is 37.6 Å². The molecule has 0 aliphatic rings. The third-order valence-corrected chi connectivity index (χ3v) is 3.10. The van der Waals surface area contributed by atoms with E-state index in [9.17, 15) is 5.11 Å². The fraction of sp³-hybridized carbons (Fsp3) is 0.400. The molecule has 0 amide bonds. The van der Waals surface area contributed by atoms with Crippen LogP contribution in [0.25, 0.3) is 10.8 Å². The highest BCUT2D eigenvalue weighted by Gasteiger charge is 2.10. The van der Waals surface area contributed by atoms with E-state index in [-0.39, 0.29) is 6.61 Å². The number of nitrogens with zero attached hydrogens (tertiary/aromatic N) is 2. The SMILES string of the molecule is CCCCN(CCO)c1nccc2ccccc12. The van der Waals surface area contributed by atoms with Crippen molar-refractivity contribution < 1.29 is 5.11 Å². The first-order valence-electron chi connectivity index (χ1n) is 6.56. The van der Waals surface area contributed by atoms with E-state index in [0.29, 0.717) is 6.54 Å². The fourth-order valence-corrected chi connectivity index (χ4v) is 2.15. The average Bonchev–Trinajstić information content (AvgIpc) is 2.43. The Labute approximate surface area is 108 Å². The molecule has 0 saturated heterocycles. The smallest absolute Gasteiger partial charge is 0.136 e. The molecule has 0 unspecified atom stereocenters. The molecule has 1 aromatic heterocycles. The molecule has 3 nitrogen and oxygen atoms in total. The minimum absolute atomic E-state index is 0.161. The molecule has 0 fully saturated rings. The van der Waals surface area contributed by atoms with Gasteiger partial charge in [0.1, 0.15) is 5.82 Å². The predicted molar refractivity (Wildman–Crippen MR) is 75.9 cm³/mol. The van der Waals surface area contributed by atoms with Crippen LogP contribution in [0.1, 0.15) is 19.8 Å². The minimum atomic E-state index is 0.161. The van der Waals surface area contributed by atoms with Crippen LogP contribution in [0, 0.1) is 0 Å². The molecule has 0 bridgehead atoms. The summed E-state index contributed by atoms with van der Waals surface area (Å²) in [5.74, 6) is 0.982. The van der Waals surface area contributed by atoms with Crippen LogP contribution in [0.5, 0.6) is 0 Å². The van der Waals surface area contributed by atoms with Crippen LogP contribution in [0.2, 0.25) is 0 Å². The van der Waals surface area contributed by atoms with Gasteiger partial charge in [0.2, 0.25) is 0 Å². The number of aromatic nitrogens is 1. The van der Waals surface area contributed by atoms with E-state index in [4.69, 9.17) is 0 Å². The van der Waals surface area contributed by atoms with Crippen molar-refractivity contribution in [1.82, 2.24) is 4.98 Å². The zero-order chi connectivity index (χ0) is 12.8. The van der Waals surface area contributed by atoms with Crippen LogP contribution < -0.4 is 4.90 Å². The van der Waals surface area contributed by atoms with Crippen LogP contribution in [0.4, 0.5) is 5.82 Å². The lowest BCUT2D eigenvalue weighted by Gasteiger charge is -2.23. The minimum Gasteiger partial charge on any atom is -0.395 e. The summed E-state index contributed by atoms with van der Waals surface area (Å²) >= 11 is 0. The van der Waals surface area contributed by atoms with E-state index in [2.05, 4.69) is 28.9 Å². The van der Waals surface area contributed by atoms with Crippen molar-refractivity contribution in [2.45, 2.75) is 19.8 Å². The highest BCUT2D eigenvalue weighted by Crippen LogP contribution is 2.24. The van der Waals surface area contributed by atoms with Gasteiger partial charge in [0, 0.05) is 24.7 Å². The molecule has 0 aliphatic heterocycles. The van der Waals surface area contributed by atoms with Crippen LogP contribution in [-0.4, -0.2) is 29.8 Å². The highest BCUT2D eigenvalue weighted by atomic mass is 16.3. The zero-order valence-corrected chi connectivity index (χ0v) is 10.8. The summed E-state index contributed by atoms with van der Waals surface area (Å²) in [6, 6.07) is 10.3. The number of rotatable bonds is 6. The molecule has 0 aliphatic carbocycles. The Morgan fingerprint density at radius 3 is 2.78 bits per heavy atom. The summed E-state index contributed by atoms with van der Waals surface area (Å²) in [6.45, 7) is 3.92. The van der Waals surface area contributed by atoms with E-state index in [1.54, 1.807) is 0 Å². The monoisotopic (exact) mass is 244 g/mol. The molecule has 0 saturated carbocycles. The molecular weight excluding hydrogens is 224 g/mol. The topological polar surface area (TPSA) is 36.4 Å². The van der Waals surface area contributed by atoms with Gasteiger partial charge < -0.3 is 10.0 Å². The van der Waals surface area contributed by atoms with Crippen molar-refractivity contribution in [2.75, 3.05) is 24.6 Å². The molecule has 2 aromatic rings. The van der Waals surface area contributed by atoms with Gasteiger partial charge in [0.25, 0.3) is 0 Å². The molecule has 0 atom stereocenters. The van der Waals surface area contributed by atoms with Crippen LogP contribution in [-0.2, 0) is 0 Å². The number of fused-ring (bicyclic) bond motifs is 1. The van der Waals surface area contributed by atoms with E-state index in [0.717, 1.165) is 30.6 Å². The lowest BCUT2D eigenvalue weighted by atomic mass is 10.1. The second-order valence-electron chi connectivity index (χ2n) is 4.42. The lowest BCUT2D eigenvalue weighted by Crippen LogP contribution is -2.28. The quantitative estimate of drug-likeness (QED) is 0.849. The summed E-state index contributed by atoms with van der Waals surface area (Å²) in [4.78, 5) is 6.67. The summed E-state index contributed by atoms with van der Waals surface area (Å²) in [5.41, 5.74) is 0. The van der Waals surface area contributed by atoms with Gasteiger partial charge in [-0.3, -0.25) is 0 Å². The predicted octanol–water partition coefficient (Wildman–Crippen LogP) is 2.83. The van der Waals surface area contributed by atoms with Gasteiger partial charge in [-0.2, -0.15) is 0 Å². The third-order valence-electron chi connectivity index (χ3n) is 3.10. The molecule has 1 heterocycles. The molecule has 1 N–H and O–H groups in total. The Bertz CT molecular complexity index is 493. The molecule has 2 rings (SSSR count). The number of hydrogen-bond acceptors (Lipinski definition) is 3. The second-order valence-corrected chi connectivity index (χ2v) is 4.42. The Morgan fingerprint density at radius 1 is 1.17 bits per heavy atom. The van der Waals surface area contributed by atoms with E-state index in [1.165, 1.54) is 5.39 Å². The Kier molecular flexibility index (Phi) is 4.53. The second kappa shape index (κ2) is 6.36. The molecule has 1 aromatic carbocycles. The van der Waals surface area contributed by atoms with E-state index < -0.39 is 0 Å². The van der Waals surface area contributed by atoms with Gasteiger partial charge in [-0.05, 0) is 17.9 Å². The average molecular weight is 244 g/mol. The Balaban J connectivity index is 2.36. The molecule has 0 spiro atoms. The maximum Gasteiger partial charge on any atom is 0.136 e. The Morgan fingerprint density at radius 2 is 2.00 bits per heavy atom. The largest absolute Gasteiger partial charge is 0.395 e. The van der Waals surface area contributed by atoms with Gasteiger partial charge in [0.05, 0.1) is 6.61 Å². The van der Waals surface area contributed by atoms with Crippen molar-refractivity contribution in [3.05, 3.63) is 36.5 Å². The standard InChI is InChI=1S/C15H20N2O/c1-2-3-10-17(11-12-18)15-14-7-5-4-6-13(14)8-9-16-15/h4-9,18H,2-3,10-12H2,1H3. The van der Waals surface area contributed by atoms with Crippen molar-refractivity contribution in [3.8, 4) is 0 Å². The first-order valence-corrected chi connectivity index (χ1v) is 6.56. The Hall–Kier alpha value is -1.61. The molecule has 18 heavy (non-hydrogen) atoms. The molecule has 3 heteroatoms. The molecular formula is C15H20N2O. The number of unbranched alkanes of at least 4 members (excludes halogenated alkanes) is 1. The van der Waals surface area contributed by atoms with E-state index >= 15 is 0 Å². The van der Waals surface area contributed by atoms with E-state index in [1.807, 2.05) is 24.4 Å². The highest BCUT2D eigenvalue weighted by molar-refractivity contribution is 5.92. The van der Waals surface area contributed by atoms with Crippen LogP contribution in [0.3, 0.4) is 0 Å². The summed E-state index contributed by atoms with van der Waals surface area (Å²) in [7, 11) is 0. The van der Waals surface area contributed by atoms with Crippen molar-refractivity contribution >= 4 is 16.6 Å². The van der Waals surface area contributed by atoms with Gasteiger partial charge in [-0.25, -0.2) is 4.98 Å². The number of anilines is 1. The zero-order valence-electron chi connectivity index (χ0n) is 10.8. The number of benzene rings is 1. The van der Waals surface area contributed by atoms with Crippen LogP contribution in [0.15, 0.2) is 36.5 Å². The van der Waals surface area contributed by atoms with Crippen molar-refractivity contribution in [3.63, 3.8) is 0 Å². The lowest BCUT2D eigenvalue weighted by molar-refractivity contribution is 0.301. The summed E-state index contributed by atoms with van der Waals surface area (Å²) < 4.78 is 0. The first kappa shape index (κ1) is 12.8. The number of pyridine rings is 1. The first-order chi connectivity index (χ1) is 8.86. The van der Waals surface area contributed by atoms with Crippen molar-refractivity contribution in [1.29, 1.82) is 0 Å². The maximum atomic E-state index is 9.20. The van der Waals surface area contributed by atoms with Gasteiger partial charge in [-0.15, -0.1) is 0 Å². The fourth-order valence-electron chi connectivity index (χ4n) is 2.15. The van der Waals surface area contributed by atoms with Gasteiger partial charge in [0.15, 0.2) is 0 Å². The van der Waals surface area contributed by atoms with Crippen LogP contribution >= 0.6 is 0 Å². The summed E-state index contributed by atoms with van der Waals surface area (Å²) in [6.07, 6.45) is 4.10. The third kappa shape index (κ3) is 2.79. The number of aliphatic hydroxyl groups excluding tert-OH is 1. The number of hydrogen-bond donors (Lipinski definition) is 1. The van der Waals surface area contributed by atoms with Crippen molar-refractivity contribution in [2.24, 2.45) is 0 Å². The normalized spacial score (nSPS) is 10.8.